The molecule has 0 radical (unpaired) electrons. The minimum Gasteiger partial charge on any atom is -0.493 e. The van der Waals surface area contributed by atoms with Crippen LogP contribution in [-0.2, 0) is 10.4 Å². The van der Waals surface area contributed by atoms with Crippen molar-refractivity contribution < 1.29 is 14.6 Å². The van der Waals surface area contributed by atoms with Gasteiger partial charge in [-0.2, -0.15) is 0 Å². The molecule has 0 aromatic heterocycles. The molecule has 4 heteroatoms. The van der Waals surface area contributed by atoms with Crippen molar-refractivity contribution in [3.63, 3.8) is 0 Å². The van der Waals surface area contributed by atoms with Crippen LogP contribution >= 0.6 is 0 Å². The van der Waals surface area contributed by atoms with Gasteiger partial charge in [-0.25, -0.2) is 0 Å². The lowest BCUT2D eigenvalue weighted by Gasteiger charge is -2.36. The minimum absolute atomic E-state index is 0.288. The maximum Gasteiger partial charge on any atom is 0.254 e. The molecule has 0 fully saturated rings. The van der Waals surface area contributed by atoms with Crippen LogP contribution in [0.1, 0.15) is 12.5 Å². The van der Waals surface area contributed by atoms with Crippen LogP contribution in [0, 0.1) is 5.92 Å². The van der Waals surface area contributed by atoms with Gasteiger partial charge in [-0.3, -0.25) is 4.79 Å². The molecule has 1 heterocycles. The number of hydrogen-bond donors (Lipinski definition) is 2. The topological polar surface area (TPSA) is 72.6 Å². The van der Waals surface area contributed by atoms with Crippen LogP contribution in [0.25, 0.3) is 0 Å². The summed E-state index contributed by atoms with van der Waals surface area (Å²) in [6, 6.07) is 6.91. The lowest BCUT2D eigenvalue weighted by molar-refractivity contribution is -0.147. The van der Waals surface area contributed by atoms with Gasteiger partial charge in [-0.1, -0.05) is 25.1 Å². The predicted molar refractivity (Wildman–Crippen MR) is 54.2 cm³/mol. The molecule has 3 N–H and O–H groups in total. The first-order chi connectivity index (χ1) is 7.06. The molecule has 80 valence electrons. The average Bonchev–Trinajstić information content (AvgIpc) is 2.23. The van der Waals surface area contributed by atoms with Gasteiger partial charge < -0.3 is 15.6 Å². The standard InChI is InChI=1S/C11H13NO3/c1-7-6-15-9-5-3-2-4-8(9)11(7,14)10(12)13/h2-5,7,14H,6H2,1H3,(H2,12,13). The number of carbonyl (C=O) groups is 1. The maximum absolute atomic E-state index is 11.4. The number of carbonyl (C=O) groups excluding carboxylic acids is 1. The van der Waals surface area contributed by atoms with Crippen LogP contribution < -0.4 is 10.5 Å². The summed E-state index contributed by atoms with van der Waals surface area (Å²) in [5, 5.41) is 10.3. The predicted octanol–water partition coefficient (Wildman–Crippen LogP) is 0.388. The Bertz CT molecular complexity index is 405. The van der Waals surface area contributed by atoms with Crippen LogP contribution in [0.2, 0.25) is 0 Å². The zero-order valence-electron chi connectivity index (χ0n) is 8.43. The van der Waals surface area contributed by atoms with E-state index in [1.807, 2.05) is 0 Å². The van der Waals surface area contributed by atoms with E-state index in [0.717, 1.165) is 0 Å². The number of rotatable bonds is 1. The van der Waals surface area contributed by atoms with Crippen molar-refractivity contribution in [1.29, 1.82) is 0 Å². The Morgan fingerprint density at radius 3 is 2.93 bits per heavy atom. The Morgan fingerprint density at radius 1 is 1.60 bits per heavy atom. The van der Waals surface area contributed by atoms with Gasteiger partial charge >= 0.3 is 0 Å². The van der Waals surface area contributed by atoms with Gasteiger partial charge in [-0.15, -0.1) is 0 Å². The number of benzene rings is 1. The van der Waals surface area contributed by atoms with E-state index < -0.39 is 11.5 Å². The number of para-hydroxylation sites is 1. The normalized spacial score (nSPS) is 29.1. The molecule has 0 bridgehead atoms. The number of primary amides is 1. The van der Waals surface area contributed by atoms with Crippen molar-refractivity contribution in [1.82, 2.24) is 0 Å². The lowest BCUT2D eigenvalue weighted by atomic mass is 9.80. The van der Waals surface area contributed by atoms with Gasteiger partial charge in [0.05, 0.1) is 6.61 Å². The Balaban J connectivity index is 2.60. The lowest BCUT2D eigenvalue weighted by Crippen LogP contribution is -2.50. The molecule has 1 aliphatic heterocycles. The molecule has 2 rings (SSSR count). The number of amides is 1. The summed E-state index contributed by atoms with van der Waals surface area (Å²) in [5.41, 5.74) is 4.10. The average molecular weight is 207 g/mol. The Labute approximate surface area is 87.7 Å². The first-order valence-electron chi connectivity index (χ1n) is 4.81. The zero-order chi connectivity index (χ0) is 11.1. The first-order valence-corrected chi connectivity index (χ1v) is 4.81. The highest BCUT2D eigenvalue weighted by molar-refractivity contribution is 5.86. The van der Waals surface area contributed by atoms with Gasteiger partial charge in [-0.05, 0) is 6.07 Å². The van der Waals surface area contributed by atoms with Gasteiger partial charge in [0.2, 0.25) is 0 Å². The third kappa shape index (κ3) is 1.29. The van der Waals surface area contributed by atoms with Crippen molar-refractivity contribution in [2.75, 3.05) is 6.61 Å². The van der Waals surface area contributed by atoms with E-state index in [0.29, 0.717) is 11.3 Å². The molecule has 1 aliphatic rings. The fraction of sp³-hybridized carbons (Fsp3) is 0.364. The van der Waals surface area contributed by atoms with Crippen LogP contribution in [0.3, 0.4) is 0 Å². The highest BCUT2D eigenvalue weighted by Gasteiger charge is 2.46. The Morgan fingerprint density at radius 2 is 2.27 bits per heavy atom. The smallest absolute Gasteiger partial charge is 0.254 e. The van der Waals surface area contributed by atoms with Gasteiger partial charge in [0.1, 0.15) is 5.75 Å². The summed E-state index contributed by atoms with van der Waals surface area (Å²) in [6.07, 6.45) is 0. The Hall–Kier alpha value is -1.55. The minimum atomic E-state index is -1.62. The number of hydrogen-bond acceptors (Lipinski definition) is 3. The molecule has 0 aliphatic carbocycles. The molecule has 1 aromatic carbocycles. The first kappa shape index (κ1) is 9.98. The molecule has 2 atom stereocenters. The molecule has 2 unspecified atom stereocenters. The van der Waals surface area contributed by atoms with Crippen LogP contribution in [0.5, 0.6) is 5.75 Å². The molecule has 0 saturated carbocycles. The van der Waals surface area contributed by atoms with Gasteiger partial charge in [0.25, 0.3) is 5.91 Å². The molecular formula is C11H13NO3. The fourth-order valence-corrected chi connectivity index (χ4v) is 1.88. The molecule has 4 nitrogen and oxygen atoms in total. The van der Waals surface area contributed by atoms with Crippen molar-refractivity contribution in [3.05, 3.63) is 29.8 Å². The summed E-state index contributed by atoms with van der Waals surface area (Å²) >= 11 is 0. The number of fused-ring (bicyclic) bond motifs is 1. The van der Waals surface area contributed by atoms with Gasteiger partial charge in [0, 0.05) is 11.5 Å². The highest BCUT2D eigenvalue weighted by atomic mass is 16.5. The van der Waals surface area contributed by atoms with Crippen LogP contribution in [0.4, 0.5) is 0 Å². The zero-order valence-corrected chi connectivity index (χ0v) is 8.43. The summed E-state index contributed by atoms with van der Waals surface area (Å²) in [5.74, 6) is -0.549. The second-order valence-electron chi connectivity index (χ2n) is 3.84. The highest BCUT2D eigenvalue weighted by Crippen LogP contribution is 2.39. The van der Waals surface area contributed by atoms with Crippen molar-refractivity contribution in [2.45, 2.75) is 12.5 Å². The molecular weight excluding hydrogens is 194 g/mol. The van der Waals surface area contributed by atoms with E-state index in [1.165, 1.54) is 0 Å². The van der Waals surface area contributed by atoms with E-state index in [-0.39, 0.29) is 12.5 Å². The van der Waals surface area contributed by atoms with Crippen molar-refractivity contribution >= 4 is 5.91 Å². The SMILES string of the molecule is CC1COc2ccccc2C1(O)C(N)=O. The quantitative estimate of drug-likeness (QED) is 0.699. The molecule has 1 amide bonds. The van der Waals surface area contributed by atoms with E-state index in [4.69, 9.17) is 10.5 Å². The Kier molecular flexibility index (Phi) is 2.16. The van der Waals surface area contributed by atoms with E-state index in [1.54, 1.807) is 31.2 Å². The number of ether oxygens (including phenoxy) is 1. The van der Waals surface area contributed by atoms with E-state index in [2.05, 4.69) is 0 Å². The maximum atomic E-state index is 11.4. The third-order valence-electron chi connectivity index (χ3n) is 2.88. The monoisotopic (exact) mass is 207 g/mol. The van der Waals surface area contributed by atoms with Crippen molar-refractivity contribution in [2.24, 2.45) is 11.7 Å². The second-order valence-corrected chi connectivity index (χ2v) is 3.84. The molecule has 0 spiro atoms. The summed E-state index contributed by atoms with van der Waals surface area (Å²) in [7, 11) is 0. The third-order valence-corrected chi connectivity index (χ3v) is 2.88. The molecule has 15 heavy (non-hydrogen) atoms. The fourth-order valence-electron chi connectivity index (χ4n) is 1.88. The summed E-state index contributed by atoms with van der Waals surface area (Å²) in [6.45, 7) is 2.02. The van der Waals surface area contributed by atoms with E-state index in [9.17, 15) is 9.90 Å². The molecule has 0 saturated heterocycles. The van der Waals surface area contributed by atoms with Crippen molar-refractivity contribution in [3.8, 4) is 5.75 Å². The second kappa shape index (κ2) is 3.24. The van der Waals surface area contributed by atoms with Crippen LogP contribution in [0.15, 0.2) is 24.3 Å². The number of nitrogens with two attached hydrogens (primary N) is 1. The number of aliphatic hydroxyl groups is 1. The van der Waals surface area contributed by atoms with Gasteiger partial charge in [0.15, 0.2) is 5.60 Å². The largest absolute Gasteiger partial charge is 0.493 e. The summed E-state index contributed by atoms with van der Waals surface area (Å²) < 4.78 is 5.41. The summed E-state index contributed by atoms with van der Waals surface area (Å²) in [4.78, 5) is 11.4. The molecule has 1 aromatic rings. The van der Waals surface area contributed by atoms with Crippen LogP contribution in [-0.4, -0.2) is 17.6 Å². The van der Waals surface area contributed by atoms with E-state index >= 15 is 0 Å².